The van der Waals surface area contributed by atoms with E-state index in [1.54, 1.807) is 6.07 Å². The number of H-pyrrole nitrogens is 1. The van der Waals surface area contributed by atoms with E-state index in [0.717, 1.165) is 24.6 Å². The normalized spacial score (nSPS) is 15.8. The van der Waals surface area contributed by atoms with Gasteiger partial charge < -0.3 is 19.5 Å². The lowest BCUT2D eigenvalue weighted by atomic mass is 10.1. The maximum absolute atomic E-state index is 12.5. The van der Waals surface area contributed by atoms with Crippen molar-refractivity contribution >= 4 is 16.8 Å². The number of para-hydroxylation sites is 1. The van der Waals surface area contributed by atoms with Crippen molar-refractivity contribution in [3.05, 3.63) is 64.1 Å². The molecule has 3 aromatic rings. The number of rotatable bonds is 8. The molecule has 8 nitrogen and oxygen atoms in total. The molecule has 3 heterocycles. The summed E-state index contributed by atoms with van der Waals surface area (Å²) < 4.78 is 11.3. The standard InChI is InChI=1S/C23H28N4O4/c1-16-9-10-20(31-16)19(27-11-13-30-14-12-27)15-24-22(28)8-4-7-21-25-18-6-3-2-5-17(18)23(29)26-21/h2-3,5-6,9-10,19H,4,7-8,11-15H2,1H3,(H,24,28)(H,25,26,29). The van der Waals surface area contributed by atoms with Crippen LogP contribution in [0.15, 0.2) is 45.6 Å². The van der Waals surface area contributed by atoms with Gasteiger partial charge in [-0.2, -0.15) is 0 Å². The zero-order chi connectivity index (χ0) is 21.6. The third kappa shape index (κ3) is 5.39. The Morgan fingerprint density at radius 3 is 2.81 bits per heavy atom. The smallest absolute Gasteiger partial charge is 0.258 e. The summed E-state index contributed by atoms with van der Waals surface area (Å²) in [6.07, 6.45) is 1.51. The largest absolute Gasteiger partial charge is 0.465 e. The van der Waals surface area contributed by atoms with Crippen molar-refractivity contribution in [2.24, 2.45) is 0 Å². The van der Waals surface area contributed by atoms with Crippen molar-refractivity contribution in [2.45, 2.75) is 32.2 Å². The van der Waals surface area contributed by atoms with Gasteiger partial charge in [-0.1, -0.05) is 12.1 Å². The third-order valence-electron chi connectivity index (χ3n) is 5.55. The first-order valence-corrected chi connectivity index (χ1v) is 10.7. The highest BCUT2D eigenvalue weighted by molar-refractivity contribution is 5.77. The van der Waals surface area contributed by atoms with E-state index in [1.807, 2.05) is 37.3 Å². The number of ether oxygens (including phenoxy) is 1. The highest BCUT2D eigenvalue weighted by Gasteiger charge is 2.25. The lowest BCUT2D eigenvalue weighted by Gasteiger charge is -2.33. The van der Waals surface area contributed by atoms with Crippen molar-refractivity contribution < 1.29 is 13.9 Å². The Labute approximate surface area is 180 Å². The highest BCUT2D eigenvalue weighted by atomic mass is 16.5. The second kappa shape index (κ2) is 9.89. The van der Waals surface area contributed by atoms with E-state index >= 15 is 0 Å². The monoisotopic (exact) mass is 424 g/mol. The Bertz CT molecular complexity index is 1080. The predicted octanol–water partition coefficient (Wildman–Crippen LogP) is 2.34. The van der Waals surface area contributed by atoms with Gasteiger partial charge in [0.25, 0.3) is 5.56 Å². The van der Waals surface area contributed by atoms with Crippen molar-refractivity contribution in [1.82, 2.24) is 20.2 Å². The number of carbonyl (C=O) groups excluding carboxylic acids is 1. The summed E-state index contributed by atoms with van der Waals surface area (Å²) in [7, 11) is 0. The molecule has 1 saturated heterocycles. The lowest BCUT2D eigenvalue weighted by Crippen LogP contribution is -2.43. The van der Waals surface area contributed by atoms with Crippen LogP contribution in [0.3, 0.4) is 0 Å². The van der Waals surface area contributed by atoms with E-state index < -0.39 is 0 Å². The Morgan fingerprint density at radius 2 is 2.03 bits per heavy atom. The number of morpholine rings is 1. The number of nitrogens with one attached hydrogen (secondary N) is 2. The van der Waals surface area contributed by atoms with Gasteiger partial charge in [-0.15, -0.1) is 0 Å². The third-order valence-corrected chi connectivity index (χ3v) is 5.55. The maximum atomic E-state index is 12.5. The average molecular weight is 425 g/mol. The van der Waals surface area contributed by atoms with Crippen LogP contribution in [0.5, 0.6) is 0 Å². The number of benzene rings is 1. The summed E-state index contributed by atoms with van der Waals surface area (Å²) in [6, 6.07) is 11.2. The number of amides is 1. The number of fused-ring (bicyclic) bond motifs is 1. The van der Waals surface area contributed by atoms with Crippen molar-refractivity contribution in [3.8, 4) is 0 Å². The zero-order valence-corrected chi connectivity index (χ0v) is 17.7. The lowest BCUT2D eigenvalue weighted by molar-refractivity contribution is -0.121. The number of carbonyl (C=O) groups is 1. The van der Waals surface area contributed by atoms with Crippen LogP contribution in [0.4, 0.5) is 0 Å². The number of aryl methyl sites for hydroxylation is 2. The molecule has 0 bridgehead atoms. The number of aromatic nitrogens is 2. The Kier molecular flexibility index (Phi) is 6.79. The van der Waals surface area contributed by atoms with Gasteiger partial charge in [0.05, 0.1) is 30.2 Å². The molecule has 2 N–H and O–H groups in total. The number of furan rings is 1. The molecule has 1 aliphatic heterocycles. The molecule has 1 aromatic carbocycles. The van der Waals surface area contributed by atoms with Crippen LogP contribution in [0.1, 0.15) is 36.2 Å². The van der Waals surface area contributed by atoms with E-state index in [4.69, 9.17) is 9.15 Å². The predicted molar refractivity (Wildman–Crippen MR) is 117 cm³/mol. The molecule has 1 fully saturated rings. The number of hydrogen-bond donors (Lipinski definition) is 2. The summed E-state index contributed by atoms with van der Waals surface area (Å²) in [4.78, 5) is 34.2. The van der Waals surface area contributed by atoms with E-state index in [0.29, 0.717) is 55.7 Å². The molecule has 1 atom stereocenters. The quantitative estimate of drug-likeness (QED) is 0.576. The summed E-state index contributed by atoms with van der Waals surface area (Å²) in [5.74, 6) is 2.30. The first-order valence-electron chi connectivity index (χ1n) is 10.7. The fraction of sp³-hybridized carbons (Fsp3) is 0.435. The average Bonchev–Trinajstić information content (AvgIpc) is 3.20. The summed E-state index contributed by atoms with van der Waals surface area (Å²) in [5, 5.41) is 3.62. The van der Waals surface area contributed by atoms with Crippen molar-refractivity contribution in [1.29, 1.82) is 0 Å². The molecule has 0 spiro atoms. The zero-order valence-electron chi connectivity index (χ0n) is 17.7. The molecule has 164 valence electrons. The second-order valence-corrected chi connectivity index (χ2v) is 7.80. The van der Waals surface area contributed by atoms with Crippen LogP contribution < -0.4 is 10.9 Å². The molecule has 4 rings (SSSR count). The van der Waals surface area contributed by atoms with Crippen molar-refractivity contribution in [3.63, 3.8) is 0 Å². The molecular formula is C23H28N4O4. The van der Waals surface area contributed by atoms with Gasteiger partial charge in [-0.25, -0.2) is 4.98 Å². The van der Waals surface area contributed by atoms with Gasteiger partial charge in [0, 0.05) is 32.5 Å². The number of aromatic amines is 1. The van der Waals surface area contributed by atoms with Gasteiger partial charge in [-0.3, -0.25) is 14.5 Å². The SMILES string of the molecule is Cc1ccc(C(CNC(=O)CCCc2nc3ccccc3c(=O)[nH]2)N2CCOCC2)o1. The summed E-state index contributed by atoms with van der Waals surface area (Å²) in [5.41, 5.74) is 0.528. The molecule has 0 saturated carbocycles. The molecule has 8 heteroatoms. The van der Waals surface area contributed by atoms with E-state index in [2.05, 4.69) is 20.2 Å². The van der Waals surface area contributed by atoms with E-state index in [1.165, 1.54) is 0 Å². The van der Waals surface area contributed by atoms with Gasteiger partial charge in [-0.05, 0) is 37.6 Å². The van der Waals surface area contributed by atoms with Crippen LogP contribution in [-0.4, -0.2) is 53.6 Å². The Balaban J connectivity index is 1.31. The minimum absolute atomic E-state index is 0.0138. The molecule has 1 unspecified atom stereocenters. The van der Waals surface area contributed by atoms with Gasteiger partial charge >= 0.3 is 0 Å². The minimum atomic E-state index is -0.146. The van der Waals surface area contributed by atoms with Crippen LogP contribution in [0.25, 0.3) is 10.9 Å². The molecule has 1 aliphatic rings. The first-order chi connectivity index (χ1) is 15.1. The fourth-order valence-electron chi connectivity index (χ4n) is 3.90. The number of nitrogens with zero attached hydrogens (tertiary/aromatic N) is 2. The molecule has 0 aliphatic carbocycles. The summed E-state index contributed by atoms with van der Waals surface area (Å²) in [6.45, 7) is 5.38. The number of hydrogen-bond acceptors (Lipinski definition) is 6. The second-order valence-electron chi connectivity index (χ2n) is 7.80. The fourth-order valence-corrected chi connectivity index (χ4v) is 3.90. The molecule has 31 heavy (non-hydrogen) atoms. The van der Waals surface area contributed by atoms with Crippen LogP contribution in [0.2, 0.25) is 0 Å². The minimum Gasteiger partial charge on any atom is -0.465 e. The van der Waals surface area contributed by atoms with Gasteiger partial charge in [0.2, 0.25) is 5.91 Å². The van der Waals surface area contributed by atoms with E-state index in [9.17, 15) is 9.59 Å². The van der Waals surface area contributed by atoms with Gasteiger partial charge in [0.15, 0.2) is 0 Å². The van der Waals surface area contributed by atoms with Gasteiger partial charge in [0.1, 0.15) is 17.3 Å². The molecular weight excluding hydrogens is 396 g/mol. The van der Waals surface area contributed by atoms with E-state index in [-0.39, 0.29) is 17.5 Å². The van der Waals surface area contributed by atoms with Crippen LogP contribution >= 0.6 is 0 Å². The van der Waals surface area contributed by atoms with Crippen LogP contribution in [0, 0.1) is 6.92 Å². The maximum Gasteiger partial charge on any atom is 0.258 e. The first kappa shape index (κ1) is 21.3. The topological polar surface area (TPSA) is 100 Å². The molecule has 0 radical (unpaired) electrons. The Morgan fingerprint density at radius 1 is 1.23 bits per heavy atom. The molecule has 1 amide bonds. The van der Waals surface area contributed by atoms with Crippen LogP contribution in [-0.2, 0) is 16.0 Å². The highest BCUT2D eigenvalue weighted by Crippen LogP contribution is 2.23. The Hall–Kier alpha value is -2.97. The van der Waals surface area contributed by atoms with Crippen molar-refractivity contribution in [2.75, 3.05) is 32.8 Å². The molecule has 2 aromatic heterocycles. The summed E-state index contributed by atoms with van der Waals surface area (Å²) >= 11 is 0.